The Kier molecular flexibility index (Phi) is 3.57. The quantitative estimate of drug-likeness (QED) is 0.399. The maximum absolute atomic E-state index is 12.0. The molecule has 20 heavy (non-hydrogen) atoms. The summed E-state index contributed by atoms with van der Waals surface area (Å²) in [7, 11) is -4.15. The molecule has 0 saturated heterocycles. The van der Waals surface area contributed by atoms with E-state index in [1.807, 2.05) is 0 Å². The highest BCUT2D eigenvalue weighted by molar-refractivity contribution is 7.87. The molecule has 2 aromatic rings. The van der Waals surface area contributed by atoms with Gasteiger partial charge in [-0.3, -0.25) is 10.1 Å². The lowest BCUT2D eigenvalue weighted by atomic mass is 10.3. The zero-order valence-electron chi connectivity index (χ0n) is 10.1. The number of hydrogen-bond acceptors (Lipinski definition) is 6. The lowest BCUT2D eigenvalue weighted by Crippen LogP contribution is -2.10. The molecule has 0 aliphatic carbocycles. The average Bonchev–Trinajstić information content (AvgIpc) is 2.39. The van der Waals surface area contributed by atoms with Crippen molar-refractivity contribution in [3.05, 3.63) is 58.6 Å². The molecule has 0 aromatic heterocycles. The van der Waals surface area contributed by atoms with Gasteiger partial charge in [0.25, 0.3) is 5.69 Å². The fraction of sp³-hybridized carbons (Fsp3) is 0. The number of nitro groups is 1. The second-order valence-corrected chi connectivity index (χ2v) is 5.37. The highest BCUT2D eigenvalue weighted by Gasteiger charge is 2.21. The number of benzene rings is 2. The smallest absolute Gasteiger partial charge is 0.339 e. The van der Waals surface area contributed by atoms with Gasteiger partial charge < -0.3 is 9.92 Å². The standard InChI is InChI=1S/C12H10N2O5S/c13-11-7-6-10(8-12(11)14(15)16)20(17,18)19-9-4-2-1-3-5-9/h1-8H,13H2. The molecule has 8 heteroatoms. The van der Waals surface area contributed by atoms with Crippen LogP contribution in [0.2, 0.25) is 0 Å². The van der Waals surface area contributed by atoms with Crippen molar-refractivity contribution >= 4 is 21.5 Å². The Bertz CT molecular complexity index is 744. The number of para-hydroxylation sites is 1. The van der Waals surface area contributed by atoms with E-state index >= 15 is 0 Å². The molecule has 0 radical (unpaired) electrons. The molecule has 0 bridgehead atoms. The van der Waals surface area contributed by atoms with Crippen LogP contribution in [0, 0.1) is 10.1 Å². The van der Waals surface area contributed by atoms with Crippen molar-refractivity contribution in [1.82, 2.24) is 0 Å². The molecule has 7 nitrogen and oxygen atoms in total. The molecule has 0 amide bonds. The summed E-state index contributed by atoms with van der Waals surface area (Å²) in [5.41, 5.74) is 4.81. The van der Waals surface area contributed by atoms with Crippen LogP contribution in [0.4, 0.5) is 11.4 Å². The molecule has 104 valence electrons. The highest BCUT2D eigenvalue weighted by atomic mass is 32.2. The first-order chi connectivity index (χ1) is 9.40. The van der Waals surface area contributed by atoms with E-state index in [0.29, 0.717) is 0 Å². The second kappa shape index (κ2) is 5.17. The summed E-state index contributed by atoms with van der Waals surface area (Å²) >= 11 is 0. The van der Waals surface area contributed by atoms with Crippen LogP contribution in [0.1, 0.15) is 0 Å². The number of rotatable bonds is 4. The number of anilines is 1. The molecular formula is C12H10N2O5S. The summed E-state index contributed by atoms with van der Waals surface area (Å²) in [6.45, 7) is 0. The van der Waals surface area contributed by atoms with E-state index in [4.69, 9.17) is 9.92 Å². The molecule has 2 rings (SSSR count). The normalized spacial score (nSPS) is 11.0. The van der Waals surface area contributed by atoms with Gasteiger partial charge in [-0.25, -0.2) is 0 Å². The molecule has 0 saturated carbocycles. The molecule has 0 unspecified atom stereocenters. The largest absolute Gasteiger partial charge is 0.393 e. The molecule has 0 heterocycles. The van der Waals surface area contributed by atoms with E-state index in [9.17, 15) is 18.5 Å². The van der Waals surface area contributed by atoms with Crippen molar-refractivity contribution in [3.8, 4) is 5.75 Å². The molecule has 0 spiro atoms. The van der Waals surface area contributed by atoms with Gasteiger partial charge in [0.1, 0.15) is 16.3 Å². The van der Waals surface area contributed by atoms with Gasteiger partial charge in [-0.15, -0.1) is 0 Å². The van der Waals surface area contributed by atoms with Crippen molar-refractivity contribution in [2.45, 2.75) is 4.90 Å². The van der Waals surface area contributed by atoms with Crippen molar-refractivity contribution < 1.29 is 17.5 Å². The van der Waals surface area contributed by atoms with E-state index in [-0.39, 0.29) is 16.3 Å². The third-order valence-electron chi connectivity index (χ3n) is 2.44. The Morgan fingerprint density at radius 1 is 1.10 bits per heavy atom. The van der Waals surface area contributed by atoms with Crippen LogP contribution in [-0.2, 0) is 10.1 Å². The Labute approximate surface area is 114 Å². The van der Waals surface area contributed by atoms with Crippen LogP contribution >= 0.6 is 0 Å². The summed E-state index contributed by atoms with van der Waals surface area (Å²) in [6.07, 6.45) is 0. The van der Waals surface area contributed by atoms with Gasteiger partial charge in [0.05, 0.1) is 4.92 Å². The lowest BCUT2D eigenvalue weighted by molar-refractivity contribution is -0.384. The summed E-state index contributed by atoms with van der Waals surface area (Å²) in [5, 5.41) is 10.7. The summed E-state index contributed by atoms with van der Waals surface area (Å²) in [5.74, 6) is 0.118. The Morgan fingerprint density at radius 2 is 1.75 bits per heavy atom. The second-order valence-electron chi connectivity index (χ2n) is 3.83. The first-order valence-electron chi connectivity index (χ1n) is 5.43. The van der Waals surface area contributed by atoms with Crippen LogP contribution in [0.25, 0.3) is 0 Å². The predicted octanol–water partition coefficient (Wildman–Crippen LogP) is 1.94. The maximum atomic E-state index is 12.0. The molecule has 0 aliphatic heterocycles. The molecule has 2 aromatic carbocycles. The monoisotopic (exact) mass is 294 g/mol. The lowest BCUT2D eigenvalue weighted by Gasteiger charge is -2.07. The number of nitrogens with two attached hydrogens (primary N) is 1. The highest BCUT2D eigenvalue weighted by Crippen LogP contribution is 2.26. The Hall–Kier alpha value is -2.61. The fourth-order valence-corrected chi connectivity index (χ4v) is 2.44. The van der Waals surface area contributed by atoms with Crippen molar-refractivity contribution in [2.75, 3.05) is 5.73 Å². The molecule has 0 fully saturated rings. The van der Waals surface area contributed by atoms with Crippen LogP contribution in [0.15, 0.2) is 53.4 Å². The topological polar surface area (TPSA) is 113 Å². The minimum Gasteiger partial charge on any atom is -0.393 e. The van der Waals surface area contributed by atoms with E-state index in [0.717, 1.165) is 18.2 Å². The predicted molar refractivity (Wildman–Crippen MR) is 71.8 cm³/mol. The molecule has 0 aliphatic rings. The molecule has 0 atom stereocenters. The van der Waals surface area contributed by atoms with Gasteiger partial charge in [-0.2, -0.15) is 8.42 Å². The SMILES string of the molecule is Nc1ccc(S(=O)(=O)Oc2ccccc2)cc1[N+](=O)[O-]. The fourth-order valence-electron chi connectivity index (χ4n) is 1.49. The first kappa shape index (κ1) is 13.8. The van der Waals surface area contributed by atoms with Gasteiger partial charge in [-0.05, 0) is 24.3 Å². The number of hydrogen-bond donors (Lipinski definition) is 1. The van der Waals surface area contributed by atoms with Crippen LogP contribution < -0.4 is 9.92 Å². The average molecular weight is 294 g/mol. The maximum Gasteiger partial charge on any atom is 0.339 e. The molecule has 2 N–H and O–H groups in total. The van der Waals surface area contributed by atoms with Crippen LogP contribution in [-0.4, -0.2) is 13.3 Å². The zero-order chi connectivity index (χ0) is 14.8. The Morgan fingerprint density at radius 3 is 2.35 bits per heavy atom. The van der Waals surface area contributed by atoms with E-state index in [1.54, 1.807) is 18.2 Å². The van der Waals surface area contributed by atoms with Crippen LogP contribution in [0.5, 0.6) is 5.75 Å². The minimum atomic E-state index is -4.15. The summed E-state index contributed by atoms with van der Waals surface area (Å²) in [6, 6.07) is 11.0. The van der Waals surface area contributed by atoms with Gasteiger partial charge >= 0.3 is 10.1 Å². The third kappa shape index (κ3) is 2.86. The van der Waals surface area contributed by atoms with Gasteiger partial charge in [0.15, 0.2) is 0 Å². The Balaban J connectivity index is 2.40. The minimum absolute atomic E-state index is 0.117. The summed E-state index contributed by atoms with van der Waals surface area (Å²) < 4.78 is 28.9. The summed E-state index contributed by atoms with van der Waals surface area (Å²) in [4.78, 5) is 9.66. The first-order valence-corrected chi connectivity index (χ1v) is 6.84. The van der Waals surface area contributed by atoms with E-state index < -0.39 is 20.7 Å². The van der Waals surface area contributed by atoms with E-state index in [2.05, 4.69) is 0 Å². The van der Waals surface area contributed by atoms with Gasteiger partial charge in [-0.1, -0.05) is 18.2 Å². The van der Waals surface area contributed by atoms with Crippen LogP contribution in [0.3, 0.4) is 0 Å². The number of nitrogen functional groups attached to an aromatic ring is 1. The molecular weight excluding hydrogens is 284 g/mol. The van der Waals surface area contributed by atoms with Gasteiger partial charge in [0.2, 0.25) is 0 Å². The van der Waals surface area contributed by atoms with Crippen molar-refractivity contribution in [3.63, 3.8) is 0 Å². The number of nitrogens with zero attached hydrogens (tertiary/aromatic N) is 1. The van der Waals surface area contributed by atoms with Gasteiger partial charge in [0, 0.05) is 6.07 Å². The third-order valence-corrected chi connectivity index (χ3v) is 3.68. The zero-order valence-corrected chi connectivity index (χ0v) is 10.9. The van der Waals surface area contributed by atoms with Crippen molar-refractivity contribution in [2.24, 2.45) is 0 Å². The van der Waals surface area contributed by atoms with Crippen molar-refractivity contribution in [1.29, 1.82) is 0 Å². The number of nitro benzene ring substituents is 1. The van der Waals surface area contributed by atoms with E-state index in [1.165, 1.54) is 12.1 Å².